The van der Waals surface area contributed by atoms with Crippen molar-refractivity contribution >= 4 is 34.6 Å². The summed E-state index contributed by atoms with van der Waals surface area (Å²) in [4.78, 5) is 21.6. The number of benzene rings is 3. The molecule has 0 N–H and O–H groups in total. The van der Waals surface area contributed by atoms with Gasteiger partial charge in [-0.25, -0.2) is 23.7 Å². The Kier molecular flexibility index (Phi) is 9.64. The molecule has 256 valence electrons. The van der Waals surface area contributed by atoms with Crippen LogP contribution in [0.2, 0.25) is 10.0 Å². The van der Waals surface area contributed by atoms with E-state index in [0.717, 1.165) is 55.4 Å². The van der Waals surface area contributed by atoms with Crippen LogP contribution in [-0.4, -0.2) is 74.6 Å². The molecule has 0 saturated carbocycles. The van der Waals surface area contributed by atoms with Gasteiger partial charge >= 0.3 is 5.69 Å². The molecule has 0 unspecified atom stereocenters. The second kappa shape index (κ2) is 14.2. The van der Waals surface area contributed by atoms with Gasteiger partial charge in [0.2, 0.25) is 5.79 Å². The van der Waals surface area contributed by atoms with Gasteiger partial charge in [-0.2, -0.15) is 10.2 Å². The summed E-state index contributed by atoms with van der Waals surface area (Å²) in [6.07, 6.45) is 5.19. The summed E-state index contributed by atoms with van der Waals surface area (Å²) in [6.45, 7) is 8.48. The molecule has 0 amide bonds. The molecule has 49 heavy (non-hydrogen) atoms. The molecule has 4 heterocycles. The number of hydrogen-bond donors (Lipinski definition) is 0. The zero-order valence-electron chi connectivity index (χ0n) is 27.4. The van der Waals surface area contributed by atoms with Crippen molar-refractivity contribution in [3.8, 4) is 11.4 Å². The van der Waals surface area contributed by atoms with E-state index in [4.69, 9.17) is 37.4 Å². The molecule has 0 bridgehead atoms. The first-order valence-electron chi connectivity index (χ1n) is 16.4. The molecule has 3 atom stereocenters. The van der Waals surface area contributed by atoms with Crippen LogP contribution in [0.25, 0.3) is 5.69 Å². The lowest BCUT2D eigenvalue weighted by atomic mass is 10.1. The van der Waals surface area contributed by atoms with E-state index in [0.29, 0.717) is 28.8 Å². The van der Waals surface area contributed by atoms with Gasteiger partial charge in [0.25, 0.3) is 0 Å². The van der Waals surface area contributed by atoms with Crippen LogP contribution < -0.4 is 20.2 Å². The fourth-order valence-electron chi connectivity index (χ4n) is 6.24. The molecule has 14 heteroatoms. The summed E-state index contributed by atoms with van der Waals surface area (Å²) < 4.78 is 23.7. The fraction of sp³-hybridized carbons (Fsp3) is 0.371. The number of rotatable bonds is 11. The second-order valence-electron chi connectivity index (χ2n) is 12.3. The van der Waals surface area contributed by atoms with Crippen LogP contribution in [0.4, 0.5) is 11.4 Å². The Morgan fingerprint density at radius 3 is 2.22 bits per heavy atom. The molecule has 0 spiro atoms. The summed E-state index contributed by atoms with van der Waals surface area (Å²) in [6, 6.07) is 21.6. The minimum atomic E-state index is -1.16. The molecule has 0 aliphatic carbocycles. The Morgan fingerprint density at radius 1 is 0.918 bits per heavy atom. The molecule has 7 rings (SSSR count). The third kappa shape index (κ3) is 7.04. The molecule has 2 saturated heterocycles. The van der Waals surface area contributed by atoms with Gasteiger partial charge in [-0.1, -0.05) is 36.2 Å². The average molecular weight is 706 g/mol. The highest BCUT2D eigenvalue weighted by molar-refractivity contribution is 6.35. The van der Waals surface area contributed by atoms with Crippen molar-refractivity contribution in [1.82, 2.24) is 29.1 Å². The third-order valence-electron chi connectivity index (χ3n) is 9.15. The second-order valence-corrected chi connectivity index (χ2v) is 13.1. The van der Waals surface area contributed by atoms with Crippen molar-refractivity contribution in [2.45, 2.75) is 44.7 Å². The van der Waals surface area contributed by atoms with Gasteiger partial charge in [0.15, 0.2) is 0 Å². The Labute approximate surface area is 294 Å². The number of halogens is 2. The van der Waals surface area contributed by atoms with E-state index in [1.54, 1.807) is 34.0 Å². The lowest BCUT2D eigenvalue weighted by Gasteiger charge is -2.37. The number of ether oxygens (including phenoxy) is 3. The third-order valence-corrected chi connectivity index (χ3v) is 9.70. The maximum Gasteiger partial charge on any atom is 0.350 e. The zero-order valence-corrected chi connectivity index (χ0v) is 28.9. The van der Waals surface area contributed by atoms with Gasteiger partial charge in [0, 0.05) is 48.1 Å². The fourth-order valence-corrected chi connectivity index (χ4v) is 6.79. The summed E-state index contributed by atoms with van der Waals surface area (Å²) in [5.41, 5.74) is 3.64. The standard InChI is InChI=1S/C35H38Cl2N8O4/c1-3-25(2)45-34(46)44(24-40-45)29-7-5-27(6-8-29)41-14-16-42(17-15-41)28-9-11-30(12-10-28)47-19-31-20-48-35(49-31,21-43-23-38-22-39-43)32-13-4-26(36)18-33(32)37/h4-13,18,22-25,31H,3,14-17,19-21H2,1-2H3/t25-,31-,35+/m0/s1. The normalized spacial score (nSPS) is 20.1. The molecular formula is C35H38Cl2N8O4. The van der Waals surface area contributed by atoms with E-state index in [9.17, 15) is 4.79 Å². The minimum absolute atomic E-state index is 0.0645. The Bertz CT molecular complexity index is 1910. The SMILES string of the molecule is CC[C@H](C)n1ncn(-c2ccc(N3CCN(c4ccc(OC[C@H]5CO[C@@](Cn6cncn6)(c6ccc(Cl)cc6Cl)O5)cc4)CC3)cc2)c1=O. The Hall–Kier alpha value is -4.36. The Morgan fingerprint density at radius 2 is 1.59 bits per heavy atom. The van der Waals surface area contributed by atoms with Gasteiger partial charge in [-0.15, -0.1) is 0 Å². The largest absolute Gasteiger partial charge is 0.491 e. The van der Waals surface area contributed by atoms with Crippen LogP contribution in [0.15, 0.2) is 90.5 Å². The summed E-state index contributed by atoms with van der Waals surface area (Å²) in [5, 5.41) is 9.50. The van der Waals surface area contributed by atoms with Crippen molar-refractivity contribution in [3.05, 3.63) is 112 Å². The topological polar surface area (TPSA) is 105 Å². The molecule has 0 radical (unpaired) electrons. The van der Waals surface area contributed by atoms with Gasteiger partial charge < -0.3 is 24.0 Å². The summed E-state index contributed by atoms with van der Waals surface area (Å²) >= 11 is 12.7. The first-order chi connectivity index (χ1) is 23.8. The van der Waals surface area contributed by atoms with Crippen LogP contribution in [0, 0.1) is 0 Å². The van der Waals surface area contributed by atoms with Crippen molar-refractivity contribution in [2.24, 2.45) is 0 Å². The van der Waals surface area contributed by atoms with Crippen molar-refractivity contribution in [2.75, 3.05) is 49.2 Å². The maximum atomic E-state index is 12.8. The molecule has 5 aromatic rings. The van der Waals surface area contributed by atoms with Crippen LogP contribution in [-0.2, 0) is 21.8 Å². The molecular weight excluding hydrogens is 667 g/mol. The van der Waals surface area contributed by atoms with E-state index in [1.165, 1.54) is 11.0 Å². The predicted octanol–water partition coefficient (Wildman–Crippen LogP) is 5.58. The van der Waals surface area contributed by atoms with E-state index in [1.807, 2.05) is 44.2 Å². The predicted molar refractivity (Wildman–Crippen MR) is 188 cm³/mol. The summed E-state index contributed by atoms with van der Waals surface area (Å²) in [5.74, 6) is -0.410. The van der Waals surface area contributed by atoms with Crippen LogP contribution >= 0.6 is 23.2 Å². The van der Waals surface area contributed by atoms with Crippen molar-refractivity contribution in [1.29, 1.82) is 0 Å². The highest BCUT2D eigenvalue weighted by Gasteiger charge is 2.45. The van der Waals surface area contributed by atoms with Gasteiger partial charge in [0.05, 0.1) is 23.4 Å². The summed E-state index contributed by atoms with van der Waals surface area (Å²) in [7, 11) is 0. The van der Waals surface area contributed by atoms with Crippen LogP contribution in [0.5, 0.6) is 5.75 Å². The van der Waals surface area contributed by atoms with Crippen LogP contribution in [0.1, 0.15) is 31.9 Å². The van der Waals surface area contributed by atoms with Gasteiger partial charge in [-0.05, 0) is 74.0 Å². The van der Waals surface area contributed by atoms with Crippen LogP contribution in [0.3, 0.4) is 0 Å². The molecule has 2 fully saturated rings. The molecule has 2 aromatic heterocycles. The zero-order chi connectivity index (χ0) is 34.0. The number of nitrogens with zero attached hydrogens (tertiary/aromatic N) is 8. The maximum absolute atomic E-state index is 12.8. The molecule has 2 aliphatic rings. The lowest BCUT2D eigenvalue weighted by molar-refractivity contribution is -0.190. The lowest BCUT2D eigenvalue weighted by Crippen LogP contribution is -2.46. The van der Waals surface area contributed by atoms with Gasteiger partial charge in [-0.3, -0.25) is 0 Å². The minimum Gasteiger partial charge on any atom is -0.491 e. The molecule has 12 nitrogen and oxygen atoms in total. The van der Waals surface area contributed by atoms with Crippen molar-refractivity contribution in [3.63, 3.8) is 0 Å². The Balaban J connectivity index is 0.925. The number of piperazine rings is 1. The average Bonchev–Trinajstić information content (AvgIpc) is 3.88. The van der Waals surface area contributed by atoms with E-state index in [2.05, 4.69) is 49.2 Å². The first-order valence-corrected chi connectivity index (χ1v) is 17.2. The van der Waals surface area contributed by atoms with E-state index in [-0.39, 0.29) is 24.4 Å². The quantitative estimate of drug-likeness (QED) is 0.174. The molecule has 2 aliphatic heterocycles. The van der Waals surface area contributed by atoms with Gasteiger partial charge in [0.1, 0.15) is 44.0 Å². The highest BCUT2D eigenvalue weighted by atomic mass is 35.5. The number of hydrogen-bond acceptors (Lipinski definition) is 9. The smallest absolute Gasteiger partial charge is 0.350 e. The molecule has 3 aromatic carbocycles. The first kappa shape index (κ1) is 33.2. The van der Waals surface area contributed by atoms with E-state index >= 15 is 0 Å². The van der Waals surface area contributed by atoms with E-state index < -0.39 is 5.79 Å². The number of aromatic nitrogens is 6. The highest BCUT2D eigenvalue weighted by Crippen LogP contribution is 2.40. The number of anilines is 2. The monoisotopic (exact) mass is 704 g/mol. The van der Waals surface area contributed by atoms with Crippen molar-refractivity contribution < 1.29 is 14.2 Å².